The van der Waals surface area contributed by atoms with E-state index in [1.807, 2.05) is 0 Å². The number of methoxy groups -OCH3 is 1. The van der Waals surface area contributed by atoms with Crippen molar-refractivity contribution in [1.29, 1.82) is 0 Å². The summed E-state index contributed by atoms with van der Waals surface area (Å²) in [6.07, 6.45) is 1.38. The van der Waals surface area contributed by atoms with E-state index in [0.29, 0.717) is 25.1 Å². The first-order chi connectivity index (χ1) is 9.93. The van der Waals surface area contributed by atoms with Crippen LogP contribution < -0.4 is 5.32 Å². The zero-order valence-electron chi connectivity index (χ0n) is 11.7. The highest BCUT2D eigenvalue weighted by atomic mass is 19.2. The molecule has 118 valence electrons. The molecule has 0 saturated carbocycles. The van der Waals surface area contributed by atoms with Crippen LogP contribution in [0.5, 0.6) is 0 Å². The van der Waals surface area contributed by atoms with Crippen molar-refractivity contribution < 1.29 is 26.7 Å². The molecule has 0 amide bonds. The van der Waals surface area contributed by atoms with Gasteiger partial charge in [-0.25, -0.2) is 22.0 Å². The first-order valence-electron chi connectivity index (χ1n) is 6.34. The zero-order valence-corrected chi connectivity index (χ0v) is 11.7. The Morgan fingerprint density at radius 1 is 1.00 bits per heavy atom. The van der Waals surface area contributed by atoms with Gasteiger partial charge in [-0.15, -0.1) is 0 Å². The molecule has 0 unspecified atom stereocenters. The van der Waals surface area contributed by atoms with Crippen LogP contribution in [0.2, 0.25) is 0 Å². The summed E-state index contributed by atoms with van der Waals surface area (Å²) < 4.78 is 71.0. The van der Waals surface area contributed by atoms with Gasteiger partial charge in [0.2, 0.25) is 5.82 Å². The van der Waals surface area contributed by atoms with Crippen LogP contribution in [-0.2, 0) is 4.74 Å². The van der Waals surface area contributed by atoms with Crippen molar-refractivity contribution in [3.63, 3.8) is 0 Å². The standard InChI is InChI=1S/C14H16F5NO/c1-3-8(7-20-4-5-21-2)6-9-10(15)12(17)14(19)13(18)11(9)16/h6,20H,3-5,7H2,1-2H3. The predicted molar refractivity (Wildman–Crippen MR) is 69.2 cm³/mol. The second kappa shape index (κ2) is 8.09. The Morgan fingerprint density at radius 2 is 1.52 bits per heavy atom. The maximum Gasteiger partial charge on any atom is 0.200 e. The zero-order chi connectivity index (χ0) is 16.0. The van der Waals surface area contributed by atoms with Crippen molar-refractivity contribution in [2.45, 2.75) is 13.3 Å². The maximum atomic E-state index is 13.5. The second-order valence-corrected chi connectivity index (χ2v) is 4.31. The number of benzene rings is 1. The molecule has 0 aliphatic carbocycles. The highest BCUT2D eigenvalue weighted by Crippen LogP contribution is 2.25. The molecule has 0 spiro atoms. The van der Waals surface area contributed by atoms with E-state index >= 15 is 0 Å². The molecule has 1 aromatic rings. The SMILES string of the molecule is CCC(=Cc1c(F)c(F)c(F)c(F)c1F)CNCCOC. The molecule has 1 aromatic carbocycles. The van der Waals surface area contributed by atoms with E-state index in [2.05, 4.69) is 5.32 Å². The molecular formula is C14H16F5NO. The number of rotatable bonds is 7. The maximum absolute atomic E-state index is 13.5. The van der Waals surface area contributed by atoms with E-state index in [9.17, 15) is 22.0 Å². The topological polar surface area (TPSA) is 21.3 Å². The minimum atomic E-state index is -2.15. The van der Waals surface area contributed by atoms with Crippen LogP contribution in [0.1, 0.15) is 18.9 Å². The van der Waals surface area contributed by atoms with Gasteiger partial charge in [0.1, 0.15) is 0 Å². The fourth-order valence-electron chi connectivity index (χ4n) is 1.65. The van der Waals surface area contributed by atoms with Gasteiger partial charge in [0.15, 0.2) is 23.3 Å². The summed E-state index contributed by atoms with van der Waals surface area (Å²) in [5, 5.41) is 2.94. The Morgan fingerprint density at radius 3 is 2.00 bits per heavy atom. The lowest BCUT2D eigenvalue weighted by atomic mass is 10.1. The minimum absolute atomic E-state index is 0.263. The molecule has 0 saturated heterocycles. The second-order valence-electron chi connectivity index (χ2n) is 4.31. The van der Waals surface area contributed by atoms with Gasteiger partial charge in [0.25, 0.3) is 0 Å². The van der Waals surface area contributed by atoms with Gasteiger partial charge >= 0.3 is 0 Å². The lowest BCUT2D eigenvalue weighted by molar-refractivity contribution is 0.200. The van der Waals surface area contributed by atoms with Crippen molar-refractivity contribution in [2.75, 3.05) is 26.8 Å². The fraction of sp³-hybridized carbons (Fsp3) is 0.429. The highest BCUT2D eigenvalue weighted by molar-refractivity contribution is 5.55. The molecule has 0 heterocycles. The van der Waals surface area contributed by atoms with Crippen LogP contribution in [0.4, 0.5) is 22.0 Å². The van der Waals surface area contributed by atoms with E-state index in [1.54, 1.807) is 6.92 Å². The summed E-state index contributed by atoms with van der Waals surface area (Å²) in [5.41, 5.74) is -0.411. The molecule has 0 aromatic heterocycles. The number of nitrogens with one attached hydrogen (secondary N) is 1. The van der Waals surface area contributed by atoms with Crippen molar-refractivity contribution in [2.24, 2.45) is 0 Å². The molecule has 0 fully saturated rings. The molecule has 0 aliphatic heterocycles. The normalized spacial score (nSPS) is 12.0. The first kappa shape index (κ1) is 17.6. The Hall–Kier alpha value is -1.47. The summed E-state index contributed by atoms with van der Waals surface area (Å²) in [6.45, 7) is 2.93. The van der Waals surface area contributed by atoms with E-state index in [-0.39, 0.29) is 6.54 Å². The van der Waals surface area contributed by atoms with E-state index in [1.165, 1.54) is 7.11 Å². The summed E-state index contributed by atoms with van der Waals surface area (Å²) >= 11 is 0. The van der Waals surface area contributed by atoms with Gasteiger partial charge < -0.3 is 10.1 Å². The van der Waals surface area contributed by atoms with Crippen molar-refractivity contribution in [1.82, 2.24) is 5.32 Å². The minimum Gasteiger partial charge on any atom is -0.383 e. The van der Waals surface area contributed by atoms with Gasteiger partial charge in [0, 0.05) is 20.2 Å². The van der Waals surface area contributed by atoms with Crippen molar-refractivity contribution in [3.8, 4) is 0 Å². The quantitative estimate of drug-likeness (QED) is 0.361. The number of halogens is 5. The van der Waals surface area contributed by atoms with Gasteiger partial charge in [-0.1, -0.05) is 12.5 Å². The predicted octanol–water partition coefficient (Wildman–Crippen LogP) is 3.41. The highest BCUT2D eigenvalue weighted by Gasteiger charge is 2.24. The van der Waals surface area contributed by atoms with Crippen molar-refractivity contribution in [3.05, 3.63) is 40.2 Å². The monoisotopic (exact) mass is 309 g/mol. The van der Waals surface area contributed by atoms with E-state index in [4.69, 9.17) is 4.74 Å². The van der Waals surface area contributed by atoms with Crippen LogP contribution >= 0.6 is 0 Å². The van der Waals surface area contributed by atoms with E-state index < -0.39 is 34.6 Å². The van der Waals surface area contributed by atoms with Crippen LogP contribution in [-0.4, -0.2) is 26.8 Å². The molecule has 0 bridgehead atoms. The molecule has 2 nitrogen and oxygen atoms in total. The summed E-state index contributed by atoms with van der Waals surface area (Å²) in [6, 6.07) is 0. The molecule has 1 rings (SSSR count). The largest absolute Gasteiger partial charge is 0.383 e. The fourth-order valence-corrected chi connectivity index (χ4v) is 1.65. The molecule has 7 heteroatoms. The molecule has 1 N–H and O–H groups in total. The molecule has 21 heavy (non-hydrogen) atoms. The summed E-state index contributed by atoms with van der Waals surface area (Å²) in [7, 11) is 1.52. The number of hydrogen-bond donors (Lipinski definition) is 1. The lowest BCUT2D eigenvalue weighted by Crippen LogP contribution is -2.21. The number of ether oxygens (including phenoxy) is 1. The smallest absolute Gasteiger partial charge is 0.200 e. The lowest BCUT2D eigenvalue weighted by Gasteiger charge is -2.09. The molecule has 0 radical (unpaired) electrons. The van der Waals surface area contributed by atoms with Crippen molar-refractivity contribution >= 4 is 6.08 Å². The molecule has 0 aliphatic rings. The van der Waals surface area contributed by atoms with Crippen LogP contribution in [0.3, 0.4) is 0 Å². The third kappa shape index (κ3) is 4.25. The van der Waals surface area contributed by atoms with Gasteiger partial charge in [0.05, 0.1) is 12.2 Å². The van der Waals surface area contributed by atoms with Crippen LogP contribution in [0.25, 0.3) is 6.08 Å². The van der Waals surface area contributed by atoms with Gasteiger partial charge in [-0.05, 0) is 12.5 Å². The summed E-state index contributed by atoms with van der Waals surface area (Å²) in [5.74, 6) is -9.69. The van der Waals surface area contributed by atoms with Crippen LogP contribution in [0.15, 0.2) is 5.57 Å². The van der Waals surface area contributed by atoms with Crippen LogP contribution in [0, 0.1) is 29.1 Å². The van der Waals surface area contributed by atoms with Gasteiger partial charge in [-0.3, -0.25) is 0 Å². The third-order valence-corrected chi connectivity index (χ3v) is 2.88. The third-order valence-electron chi connectivity index (χ3n) is 2.88. The Balaban J connectivity index is 3.06. The Bertz CT molecular complexity index is 502. The first-order valence-corrected chi connectivity index (χ1v) is 6.34. The molecular weight excluding hydrogens is 293 g/mol. The Kier molecular flexibility index (Phi) is 6.77. The average Bonchev–Trinajstić information content (AvgIpc) is 2.49. The molecule has 0 atom stereocenters. The summed E-state index contributed by atoms with van der Waals surface area (Å²) in [4.78, 5) is 0. The van der Waals surface area contributed by atoms with Gasteiger partial charge in [-0.2, -0.15) is 0 Å². The Labute approximate surface area is 119 Å². The number of hydrogen-bond acceptors (Lipinski definition) is 2. The average molecular weight is 309 g/mol. The van der Waals surface area contributed by atoms with E-state index in [0.717, 1.165) is 6.08 Å².